The van der Waals surface area contributed by atoms with Gasteiger partial charge in [-0.05, 0) is 35.9 Å². The second-order valence-electron chi connectivity index (χ2n) is 7.75. The minimum atomic E-state index is -0.711. The molecule has 0 fully saturated rings. The average molecular weight is 435 g/mol. The van der Waals surface area contributed by atoms with Gasteiger partial charge in [-0.15, -0.1) is 0 Å². The van der Waals surface area contributed by atoms with Gasteiger partial charge in [0.25, 0.3) is 5.91 Å². The molecule has 1 aliphatic heterocycles. The van der Waals surface area contributed by atoms with Gasteiger partial charge in [-0.1, -0.05) is 12.1 Å². The van der Waals surface area contributed by atoms with Crippen LogP contribution in [0.5, 0.6) is 0 Å². The number of amides is 2. The average Bonchev–Trinajstić information content (AvgIpc) is 3.16. The van der Waals surface area contributed by atoms with Crippen LogP contribution >= 0.6 is 0 Å². The molecule has 0 saturated carbocycles. The Bertz CT molecular complexity index is 1140. The van der Waals surface area contributed by atoms with Crippen LogP contribution in [0.3, 0.4) is 0 Å². The molecule has 32 heavy (non-hydrogen) atoms. The number of imidazole rings is 1. The first kappa shape index (κ1) is 21.4. The number of fused-ring (bicyclic) bond motifs is 2. The van der Waals surface area contributed by atoms with Crippen LogP contribution < -0.4 is 10.6 Å². The van der Waals surface area contributed by atoms with Crippen LogP contribution in [0.2, 0.25) is 0 Å². The molecule has 4 rings (SSSR count). The fourth-order valence-electron chi connectivity index (χ4n) is 3.76. The van der Waals surface area contributed by atoms with E-state index in [9.17, 15) is 14.4 Å². The Morgan fingerprint density at radius 3 is 2.84 bits per heavy atom. The highest BCUT2D eigenvalue weighted by Gasteiger charge is 2.29. The van der Waals surface area contributed by atoms with Crippen LogP contribution in [0.4, 0.5) is 5.69 Å². The number of hydrogen-bond donors (Lipinski definition) is 3. The van der Waals surface area contributed by atoms with Crippen molar-refractivity contribution in [1.82, 2.24) is 20.2 Å². The molecule has 1 aliphatic rings. The van der Waals surface area contributed by atoms with Crippen LogP contribution in [0.25, 0.3) is 11.0 Å². The number of carbonyl (C=O) groups is 3. The molecule has 9 nitrogen and oxygen atoms in total. The number of carbonyl (C=O) groups excluding carboxylic acids is 3. The second kappa shape index (κ2) is 9.09. The monoisotopic (exact) mass is 435 g/mol. The van der Waals surface area contributed by atoms with Crippen molar-refractivity contribution in [3.8, 4) is 0 Å². The van der Waals surface area contributed by atoms with E-state index in [2.05, 4.69) is 20.6 Å². The fourth-order valence-corrected chi connectivity index (χ4v) is 3.76. The highest BCUT2D eigenvalue weighted by atomic mass is 16.5. The van der Waals surface area contributed by atoms with Crippen molar-refractivity contribution in [2.45, 2.75) is 25.4 Å². The molecule has 0 saturated heterocycles. The summed E-state index contributed by atoms with van der Waals surface area (Å²) in [5, 5.41) is 6.03. The van der Waals surface area contributed by atoms with Crippen LogP contribution in [0.1, 0.15) is 28.2 Å². The number of rotatable bonds is 6. The molecule has 2 aromatic carbocycles. The van der Waals surface area contributed by atoms with E-state index in [1.807, 2.05) is 24.3 Å². The Kier molecular flexibility index (Phi) is 6.07. The number of aromatic nitrogens is 2. The molecule has 3 N–H and O–H groups in total. The number of ether oxygens (including phenoxy) is 1. The zero-order valence-corrected chi connectivity index (χ0v) is 18.0. The standard InChI is InChI=1S/C23H25N5O4/c1-28-13-15-11-14(7-8-16(15)25-19(23(28)31)12-21(29)32-2)22(30)24-10-9-20-26-17-5-3-4-6-18(17)27-20/h3-8,11,19,25H,9-10,12-13H2,1-2H3,(H,24,30)(H,26,27). The molecule has 3 aromatic rings. The first-order valence-electron chi connectivity index (χ1n) is 10.4. The van der Waals surface area contributed by atoms with E-state index >= 15 is 0 Å². The molecule has 1 atom stereocenters. The van der Waals surface area contributed by atoms with E-state index < -0.39 is 12.0 Å². The lowest BCUT2D eigenvalue weighted by molar-refractivity contribution is -0.143. The number of aromatic amines is 1. The number of hydrogen-bond acceptors (Lipinski definition) is 6. The molecule has 0 bridgehead atoms. The molecule has 166 valence electrons. The highest BCUT2D eigenvalue weighted by Crippen LogP contribution is 2.25. The Labute approximate surface area is 185 Å². The Morgan fingerprint density at radius 1 is 1.25 bits per heavy atom. The number of esters is 1. The molecule has 9 heteroatoms. The van der Waals surface area contributed by atoms with E-state index in [-0.39, 0.29) is 18.2 Å². The van der Waals surface area contributed by atoms with E-state index in [1.54, 1.807) is 25.2 Å². The summed E-state index contributed by atoms with van der Waals surface area (Å²) in [6.45, 7) is 0.770. The zero-order chi connectivity index (χ0) is 22.7. The molecule has 1 aromatic heterocycles. The minimum absolute atomic E-state index is 0.0663. The number of anilines is 1. The summed E-state index contributed by atoms with van der Waals surface area (Å²) in [7, 11) is 2.96. The van der Waals surface area contributed by atoms with Crippen molar-refractivity contribution >= 4 is 34.5 Å². The molecule has 0 radical (unpaired) electrons. The summed E-state index contributed by atoms with van der Waals surface area (Å²) in [5.74, 6) is -0.0563. The van der Waals surface area contributed by atoms with Gasteiger partial charge >= 0.3 is 5.97 Å². The lowest BCUT2D eigenvalue weighted by atomic mass is 10.1. The van der Waals surface area contributed by atoms with Crippen LogP contribution in [-0.4, -0.2) is 59.4 Å². The fraction of sp³-hybridized carbons (Fsp3) is 0.304. The third kappa shape index (κ3) is 4.56. The molecule has 1 unspecified atom stereocenters. The topological polar surface area (TPSA) is 116 Å². The van der Waals surface area contributed by atoms with E-state index in [0.29, 0.717) is 25.1 Å². The van der Waals surface area contributed by atoms with Gasteiger partial charge in [-0.2, -0.15) is 0 Å². The quantitative estimate of drug-likeness (QED) is 0.509. The first-order valence-corrected chi connectivity index (χ1v) is 10.4. The minimum Gasteiger partial charge on any atom is -0.469 e. The third-order valence-electron chi connectivity index (χ3n) is 5.46. The van der Waals surface area contributed by atoms with Crippen molar-refractivity contribution in [3.05, 3.63) is 59.4 Å². The number of nitrogens with zero attached hydrogens (tertiary/aromatic N) is 2. The molecular weight excluding hydrogens is 410 g/mol. The van der Waals surface area contributed by atoms with Crippen LogP contribution in [0.15, 0.2) is 42.5 Å². The van der Waals surface area contributed by atoms with Crippen LogP contribution in [0, 0.1) is 0 Å². The summed E-state index contributed by atoms with van der Waals surface area (Å²) in [4.78, 5) is 46.2. The van der Waals surface area contributed by atoms with Crippen molar-refractivity contribution in [2.24, 2.45) is 0 Å². The predicted octanol–water partition coefficient (Wildman–Crippen LogP) is 1.85. The van der Waals surface area contributed by atoms with E-state index in [1.165, 1.54) is 12.0 Å². The van der Waals surface area contributed by atoms with Crippen molar-refractivity contribution < 1.29 is 19.1 Å². The van der Waals surface area contributed by atoms with Crippen molar-refractivity contribution in [3.63, 3.8) is 0 Å². The Morgan fingerprint density at radius 2 is 2.06 bits per heavy atom. The van der Waals surface area contributed by atoms with Gasteiger partial charge in [0, 0.05) is 37.8 Å². The van der Waals surface area contributed by atoms with Crippen molar-refractivity contribution in [2.75, 3.05) is 26.0 Å². The summed E-state index contributed by atoms with van der Waals surface area (Å²) >= 11 is 0. The normalized spacial score (nSPS) is 15.6. The van der Waals surface area contributed by atoms with Gasteiger partial charge in [-0.3, -0.25) is 14.4 Å². The van der Waals surface area contributed by atoms with Gasteiger partial charge in [0.1, 0.15) is 11.9 Å². The zero-order valence-electron chi connectivity index (χ0n) is 18.0. The Hall–Kier alpha value is -3.88. The van der Waals surface area contributed by atoms with Gasteiger partial charge in [0.2, 0.25) is 5.91 Å². The van der Waals surface area contributed by atoms with Gasteiger partial charge in [0.15, 0.2) is 0 Å². The number of H-pyrrole nitrogens is 1. The van der Waals surface area contributed by atoms with Crippen LogP contribution in [-0.2, 0) is 27.3 Å². The maximum Gasteiger partial charge on any atom is 0.308 e. The lowest BCUT2D eigenvalue weighted by Gasteiger charge is -2.19. The number of likely N-dealkylation sites (N-methyl/N-ethyl adjacent to an activating group) is 1. The third-order valence-corrected chi connectivity index (χ3v) is 5.46. The maximum atomic E-state index is 12.7. The summed E-state index contributed by atoms with van der Waals surface area (Å²) in [5.41, 5.74) is 3.89. The van der Waals surface area contributed by atoms with E-state index in [4.69, 9.17) is 4.74 Å². The van der Waals surface area contributed by atoms with Gasteiger partial charge in [0.05, 0.1) is 24.6 Å². The Balaban J connectivity index is 1.41. The number of methoxy groups -OCH3 is 1. The molecular formula is C23H25N5O4. The van der Waals surface area contributed by atoms with E-state index in [0.717, 1.165) is 28.1 Å². The highest BCUT2D eigenvalue weighted by molar-refractivity contribution is 5.96. The summed E-state index contributed by atoms with van der Waals surface area (Å²) in [6.07, 6.45) is 0.516. The number of para-hydroxylation sites is 2. The first-order chi connectivity index (χ1) is 15.4. The molecule has 0 spiro atoms. The van der Waals surface area contributed by atoms with Gasteiger partial charge < -0.3 is 25.3 Å². The molecule has 0 aliphatic carbocycles. The maximum absolute atomic E-state index is 12.7. The number of benzene rings is 2. The summed E-state index contributed by atoms with van der Waals surface area (Å²) < 4.78 is 4.69. The predicted molar refractivity (Wildman–Crippen MR) is 119 cm³/mol. The molecule has 2 amide bonds. The second-order valence-corrected chi connectivity index (χ2v) is 7.75. The van der Waals surface area contributed by atoms with Gasteiger partial charge in [-0.25, -0.2) is 4.98 Å². The van der Waals surface area contributed by atoms with Crippen molar-refractivity contribution in [1.29, 1.82) is 0 Å². The summed E-state index contributed by atoms with van der Waals surface area (Å²) in [6, 6.07) is 12.3. The SMILES string of the molecule is COC(=O)CC1Nc2ccc(C(=O)NCCc3nc4ccccc4[nH]3)cc2CN(C)C1=O. The lowest BCUT2D eigenvalue weighted by Crippen LogP contribution is -2.39. The molecule has 2 heterocycles. The number of nitrogens with one attached hydrogen (secondary N) is 3. The smallest absolute Gasteiger partial charge is 0.308 e. The largest absolute Gasteiger partial charge is 0.469 e.